The highest BCUT2D eigenvalue weighted by atomic mass is 32.1. The van der Waals surface area contributed by atoms with E-state index in [0.717, 1.165) is 42.9 Å². The number of nitrogens with zero attached hydrogens (tertiary/aromatic N) is 2. The highest BCUT2D eigenvalue weighted by Gasteiger charge is 2.22. The number of carbonyl (C=O) groups excluding carboxylic acids is 2. The molecule has 1 aromatic carbocycles. The molecule has 6 nitrogen and oxygen atoms in total. The number of likely N-dealkylation sites (tertiary alicyclic amines) is 1. The first-order valence-corrected chi connectivity index (χ1v) is 9.79. The molecule has 1 fully saturated rings. The van der Waals surface area contributed by atoms with Gasteiger partial charge in [0.05, 0.1) is 6.54 Å². The average Bonchev–Trinajstić information content (AvgIpc) is 3.13. The quantitative estimate of drug-likeness (QED) is 0.812. The first kappa shape index (κ1) is 18.5. The van der Waals surface area contributed by atoms with Crippen molar-refractivity contribution in [3.8, 4) is 10.6 Å². The van der Waals surface area contributed by atoms with Gasteiger partial charge >= 0.3 is 0 Å². The minimum Gasteiger partial charge on any atom is -0.369 e. The van der Waals surface area contributed by atoms with E-state index in [4.69, 9.17) is 5.73 Å². The Bertz CT molecular complexity index is 764. The second-order valence-corrected chi connectivity index (χ2v) is 7.44. The number of carbonyl (C=O) groups is 2. The topological polar surface area (TPSA) is 88.3 Å². The number of nitrogens with two attached hydrogens (primary N) is 1. The minimum atomic E-state index is -0.311. The number of aromatic nitrogens is 1. The van der Waals surface area contributed by atoms with Gasteiger partial charge in [-0.1, -0.05) is 31.2 Å². The van der Waals surface area contributed by atoms with E-state index >= 15 is 0 Å². The van der Waals surface area contributed by atoms with Crippen molar-refractivity contribution in [3.63, 3.8) is 0 Å². The van der Waals surface area contributed by atoms with E-state index in [1.165, 1.54) is 16.9 Å². The number of primary amides is 1. The van der Waals surface area contributed by atoms with Gasteiger partial charge in [0.25, 0.3) is 5.91 Å². The van der Waals surface area contributed by atoms with Crippen molar-refractivity contribution in [2.75, 3.05) is 19.6 Å². The van der Waals surface area contributed by atoms with Crippen LogP contribution in [0.15, 0.2) is 29.6 Å². The lowest BCUT2D eigenvalue weighted by Gasteiger charge is -2.31. The first-order valence-electron chi connectivity index (χ1n) is 8.91. The Hall–Kier alpha value is -2.25. The molecule has 1 aliphatic heterocycles. The third-order valence-electron chi connectivity index (χ3n) is 4.65. The lowest BCUT2D eigenvalue weighted by Crippen LogP contribution is -2.46. The maximum atomic E-state index is 12.5. The third kappa shape index (κ3) is 4.68. The molecule has 1 aromatic heterocycles. The van der Waals surface area contributed by atoms with Gasteiger partial charge in [-0.3, -0.25) is 14.5 Å². The van der Waals surface area contributed by atoms with E-state index in [-0.39, 0.29) is 24.4 Å². The van der Waals surface area contributed by atoms with Crippen LogP contribution in [0.5, 0.6) is 0 Å². The van der Waals surface area contributed by atoms with Gasteiger partial charge in [-0.05, 0) is 24.8 Å². The monoisotopic (exact) mass is 372 g/mol. The molecule has 3 rings (SSSR count). The molecular weight excluding hydrogens is 348 g/mol. The highest BCUT2D eigenvalue weighted by molar-refractivity contribution is 7.13. The SMILES string of the molecule is CCc1ccc(-c2nc(C(=O)NC3CCN(CC(N)=O)CC3)cs2)cc1. The maximum absolute atomic E-state index is 12.5. The Kier molecular flexibility index (Phi) is 6.00. The Morgan fingerprint density at radius 1 is 1.27 bits per heavy atom. The van der Waals surface area contributed by atoms with Crippen LogP contribution in [0.25, 0.3) is 10.6 Å². The molecule has 0 saturated carbocycles. The van der Waals surface area contributed by atoms with Gasteiger partial charge in [-0.25, -0.2) is 4.98 Å². The fourth-order valence-corrected chi connectivity index (χ4v) is 3.92. The molecule has 1 saturated heterocycles. The Balaban J connectivity index is 1.56. The molecule has 0 spiro atoms. The van der Waals surface area contributed by atoms with E-state index in [2.05, 4.69) is 29.4 Å². The summed E-state index contributed by atoms with van der Waals surface area (Å²) >= 11 is 1.48. The van der Waals surface area contributed by atoms with Crippen LogP contribution in [0.2, 0.25) is 0 Å². The van der Waals surface area contributed by atoms with Crippen molar-refractivity contribution in [1.29, 1.82) is 0 Å². The molecule has 2 heterocycles. The summed E-state index contributed by atoms with van der Waals surface area (Å²) in [5.74, 6) is -0.444. The molecule has 7 heteroatoms. The zero-order chi connectivity index (χ0) is 18.5. The summed E-state index contributed by atoms with van der Waals surface area (Å²) in [6.45, 7) is 3.94. The standard InChI is InChI=1S/C19H24N4O2S/c1-2-13-3-5-14(6-4-13)19-22-16(12-26-19)18(25)21-15-7-9-23(10-8-15)11-17(20)24/h3-6,12,15H,2,7-11H2,1H3,(H2,20,24)(H,21,25). The molecule has 2 aromatic rings. The highest BCUT2D eigenvalue weighted by Crippen LogP contribution is 2.24. The van der Waals surface area contributed by atoms with Crippen molar-refractivity contribution in [2.45, 2.75) is 32.2 Å². The molecule has 0 atom stereocenters. The molecule has 138 valence electrons. The maximum Gasteiger partial charge on any atom is 0.270 e. The normalized spacial score (nSPS) is 15.7. The van der Waals surface area contributed by atoms with Crippen LogP contribution >= 0.6 is 11.3 Å². The van der Waals surface area contributed by atoms with Crippen LogP contribution in [0.4, 0.5) is 0 Å². The molecule has 0 radical (unpaired) electrons. The number of aryl methyl sites for hydroxylation is 1. The van der Waals surface area contributed by atoms with Crippen LogP contribution in [0.3, 0.4) is 0 Å². The predicted molar refractivity (Wildman–Crippen MR) is 103 cm³/mol. The number of thiazole rings is 1. The Morgan fingerprint density at radius 3 is 2.58 bits per heavy atom. The van der Waals surface area contributed by atoms with Crippen molar-refractivity contribution in [3.05, 3.63) is 40.9 Å². The van der Waals surface area contributed by atoms with Gasteiger partial charge in [0, 0.05) is 30.1 Å². The van der Waals surface area contributed by atoms with Gasteiger partial charge in [0.15, 0.2) is 0 Å². The summed E-state index contributed by atoms with van der Waals surface area (Å²) in [4.78, 5) is 29.9. The molecule has 3 N–H and O–H groups in total. The Morgan fingerprint density at radius 2 is 1.96 bits per heavy atom. The molecule has 1 aliphatic rings. The van der Waals surface area contributed by atoms with Crippen LogP contribution in [0.1, 0.15) is 35.8 Å². The van der Waals surface area contributed by atoms with E-state index in [1.54, 1.807) is 5.38 Å². The fourth-order valence-electron chi connectivity index (χ4n) is 3.11. The number of benzene rings is 1. The first-order chi connectivity index (χ1) is 12.5. The molecular formula is C19H24N4O2S. The van der Waals surface area contributed by atoms with Crippen LogP contribution in [-0.2, 0) is 11.2 Å². The summed E-state index contributed by atoms with van der Waals surface area (Å²) < 4.78 is 0. The van der Waals surface area contributed by atoms with E-state index < -0.39 is 0 Å². The van der Waals surface area contributed by atoms with Crippen LogP contribution < -0.4 is 11.1 Å². The van der Waals surface area contributed by atoms with Crippen molar-refractivity contribution in [1.82, 2.24) is 15.2 Å². The predicted octanol–water partition coefficient (Wildman–Crippen LogP) is 2.05. The van der Waals surface area contributed by atoms with E-state index in [1.807, 2.05) is 17.0 Å². The number of rotatable bonds is 6. The average molecular weight is 372 g/mol. The van der Waals surface area contributed by atoms with Gasteiger partial charge in [-0.2, -0.15) is 0 Å². The Labute approximate surface area is 157 Å². The van der Waals surface area contributed by atoms with E-state index in [0.29, 0.717) is 5.69 Å². The fraction of sp³-hybridized carbons (Fsp3) is 0.421. The zero-order valence-corrected chi connectivity index (χ0v) is 15.7. The minimum absolute atomic E-state index is 0.112. The number of hydrogen-bond acceptors (Lipinski definition) is 5. The smallest absolute Gasteiger partial charge is 0.270 e. The second kappa shape index (κ2) is 8.42. The molecule has 0 bridgehead atoms. The molecule has 26 heavy (non-hydrogen) atoms. The van der Waals surface area contributed by atoms with Crippen molar-refractivity contribution < 1.29 is 9.59 Å². The van der Waals surface area contributed by atoms with E-state index in [9.17, 15) is 9.59 Å². The van der Waals surface area contributed by atoms with Crippen LogP contribution in [-0.4, -0.2) is 47.4 Å². The van der Waals surface area contributed by atoms with Gasteiger partial charge in [0.1, 0.15) is 10.7 Å². The summed E-state index contributed by atoms with van der Waals surface area (Å²) in [7, 11) is 0. The summed E-state index contributed by atoms with van der Waals surface area (Å²) in [6, 6.07) is 8.40. The van der Waals surface area contributed by atoms with Gasteiger partial charge in [0.2, 0.25) is 5.91 Å². The number of nitrogens with one attached hydrogen (secondary N) is 1. The summed E-state index contributed by atoms with van der Waals surface area (Å²) in [5.41, 5.74) is 8.00. The van der Waals surface area contributed by atoms with Crippen molar-refractivity contribution in [2.24, 2.45) is 5.73 Å². The molecule has 2 amide bonds. The lowest BCUT2D eigenvalue weighted by atomic mass is 10.0. The second-order valence-electron chi connectivity index (χ2n) is 6.58. The van der Waals surface area contributed by atoms with Gasteiger partial charge < -0.3 is 11.1 Å². The summed E-state index contributed by atoms with van der Waals surface area (Å²) in [6.07, 6.45) is 2.63. The number of amides is 2. The molecule has 0 aliphatic carbocycles. The van der Waals surface area contributed by atoms with Gasteiger partial charge in [-0.15, -0.1) is 11.3 Å². The molecule has 0 unspecified atom stereocenters. The number of hydrogen-bond donors (Lipinski definition) is 2. The van der Waals surface area contributed by atoms with Crippen molar-refractivity contribution >= 4 is 23.2 Å². The largest absolute Gasteiger partial charge is 0.369 e. The van der Waals surface area contributed by atoms with Crippen LogP contribution in [0, 0.1) is 0 Å². The zero-order valence-electron chi connectivity index (χ0n) is 14.9. The lowest BCUT2D eigenvalue weighted by molar-refractivity contribution is -0.119. The number of piperidine rings is 1. The third-order valence-corrected chi connectivity index (χ3v) is 5.54. The summed E-state index contributed by atoms with van der Waals surface area (Å²) in [5, 5.41) is 5.72.